The number of hydrogen-bond acceptors (Lipinski definition) is 5. The van der Waals surface area contributed by atoms with Crippen LogP contribution in [0.5, 0.6) is 0 Å². The van der Waals surface area contributed by atoms with E-state index in [9.17, 15) is 18.0 Å². The van der Waals surface area contributed by atoms with Gasteiger partial charge >= 0.3 is 0 Å². The Morgan fingerprint density at radius 2 is 1.80 bits per heavy atom. The van der Waals surface area contributed by atoms with Crippen LogP contribution in [0.2, 0.25) is 0 Å². The summed E-state index contributed by atoms with van der Waals surface area (Å²) in [6.07, 6.45) is 0.137. The number of benzene rings is 2. The van der Waals surface area contributed by atoms with Crippen LogP contribution in [-0.4, -0.2) is 20.2 Å². The van der Waals surface area contributed by atoms with Gasteiger partial charge in [-0.05, 0) is 66.1 Å². The van der Waals surface area contributed by atoms with Gasteiger partial charge in [-0.2, -0.15) is 11.3 Å². The lowest BCUT2D eigenvalue weighted by atomic mass is 10.1. The summed E-state index contributed by atoms with van der Waals surface area (Å²) in [4.78, 5) is 24.2. The molecule has 0 aliphatic rings. The number of thiophene rings is 1. The lowest BCUT2D eigenvalue weighted by molar-refractivity contribution is -0.121. The third kappa shape index (κ3) is 5.46. The first kappa shape index (κ1) is 21.5. The van der Waals surface area contributed by atoms with E-state index in [1.807, 2.05) is 42.8 Å². The van der Waals surface area contributed by atoms with Gasteiger partial charge < -0.3 is 0 Å². The molecule has 3 aromatic rings. The second-order valence-corrected chi connectivity index (χ2v) is 9.22. The standard InChI is InChI=1S/C21H21N3O4S2/c1-14-6-7-19(15(2)10-14)24-30(27,28)18-5-3-4-17(12-18)21(26)23-22-20(25)11-16-8-9-29-13-16/h3-10,12-13,24H,11H2,1-2H3,(H,22,25)(H,23,26). The van der Waals surface area contributed by atoms with Crippen LogP contribution in [0.15, 0.2) is 64.2 Å². The van der Waals surface area contributed by atoms with Crippen molar-refractivity contribution in [3.63, 3.8) is 0 Å². The van der Waals surface area contributed by atoms with Crippen molar-refractivity contribution in [1.82, 2.24) is 10.9 Å². The number of carbonyl (C=O) groups excluding carboxylic acids is 2. The van der Waals surface area contributed by atoms with Crippen LogP contribution in [0.1, 0.15) is 27.0 Å². The second kappa shape index (κ2) is 9.10. The Morgan fingerprint density at radius 1 is 1.00 bits per heavy atom. The SMILES string of the molecule is Cc1ccc(NS(=O)(=O)c2cccc(C(=O)NNC(=O)Cc3ccsc3)c2)c(C)c1. The molecular weight excluding hydrogens is 422 g/mol. The van der Waals surface area contributed by atoms with Crippen LogP contribution in [0.4, 0.5) is 5.69 Å². The number of anilines is 1. The largest absolute Gasteiger partial charge is 0.279 e. The zero-order valence-electron chi connectivity index (χ0n) is 16.4. The zero-order valence-corrected chi connectivity index (χ0v) is 18.1. The van der Waals surface area contributed by atoms with E-state index < -0.39 is 15.9 Å². The fraction of sp³-hybridized carbons (Fsp3) is 0.143. The molecule has 1 aromatic heterocycles. The van der Waals surface area contributed by atoms with Crippen molar-refractivity contribution in [2.24, 2.45) is 0 Å². The highest BCUT2D eigenvalue weighted by molar-refractivity contribution is 7.92. The molecule has 0 bridgehead atoms. The molecule has 30 heavy (non-hydrogen) atoms. The van der Waals surface area contributed by atoms with Gasteiger partial charge in [0.15, 0.2) is 0 Å². The number of aryl methyl sites for hydroxylation is 2. The van der Waals surface area contributed by atoms with E-state index in [1.165, 1.54) is 35.6 Å². The van der Waals surface area contributed by atoms with Gasteiger partial charge in [-0.1, -0.05) is 23.8 Å². The average molecular weight is 444 g/mol. The first-order chi connectivity index (χ1) is 14.2. The van der Waals surface area contributed by atoms with E-state index in [2.05, 4.69) is 15.6 Å². The van der Waals surface area contributed by atoms with Gasteiger partial charge in [0.25, 0.3) is 15.9 Å². The molecule has 0 radical (unpaired) electrons. The predicted molar refractivity (Wildman–Crippen MR) is 117 cm³/mol. The monoisotopic (exact) mass is 443 g/mol. The lowest BCUT2D eigenvalue weighted by Gasteiger charge is -2.12. The van der Waals surface area contributed by atoms with E-state index in [0.29, 0.717) is 5.69 Å². The van der Waals surface area contributed by atoms with Crippen molar-refractivity contribution in [2.75, 3.05) is 4.72 Å². The summed E-state index contributed by atoms with van der Waals surface area (Å²) in [6, 6.07) is 12.8. The maximum absolute atomic E-state index is 12.7. The highest BCUT2D eigenvalue weighted by Crippen LogP contribution is 2.21. The fourth-order valence-electron chi connectivity index (χ4n) is 2.76. The van der Waals surface area contributed by atoms with Crippen LogP contribution in [0.25, 0.3) is 0 Å². The molecule has 0 saturated heterocycles. The van der Waals surface area contributed by atoms with Crippen LogP contribution in [0.3, 0.4) is 0 Å². The maximum atomic E-state index is 12.7. The number of sulfonamides is 1. The minimum absolute atomic E-state index is 0.0558. The van der Waals surface area contributed by atoms with Crippen molar-refractivity contribution in [2.45, 2.75) is 25.2 Å². The summed E-state index contributed by atoms with van der Waals surface area (Å²) >= 11 is 1.48. The van der Waals surface area contributed by atoms with E-state index in [-0.39, 0.29) is 22.8 Å². The number of nitrogens with one attached hydrogen (secondary N) is 3. The van der Waals surface area contributed by atoms with E-state index in [0.717, 1.165) is 16.7 Å². The number of rotatable bonds is 6. The van der Waals surface area contributed by atoms with E-state index >= 15 is 0 Å². The topological polar surface area (TPSA) is 104 Å². The summed E-state index contributed by atoms with van der Waals surface area (Å²) in [7, 11) is -3.89. The summed E-state index contributed by atoms with van der Waals surface area (Å²) in [6.45, 7) is 3.74. The Morgan fingerprint density at radius 3 is 2.50 bits per heavy atom. The zero-order chi connectivity index (χ0) is 21.7. The van der Waals surface area contributed by atoms with Crippen molar-refractivity contribution in [3.8, 4) is 0 Å². The van der Waals surface area contributed by atoms with Crippen LogP contribution in [0, 0.1) is 13.8 Å². The molecule has 7 nitrogen and oxygen atoms in total. The van der Waals surface area contributed by atoms with Crippen molar-refractivity contribution in [3.05, 3.63) is 81.5 Å². The number of hydrogen-bond donors (Lipinski definition) is 3. The van der Waals surface area contributed by atoms with Gasteiger partial charge in [0.2, 0.25) is 5.91 Å². The highest BCUT2D eigenvalue weighted by atomic mass is 32.2. The molecule has 0 saturated carbocycles. The summed E-state index contributed by atoms with van der Waals surface area (Å²) < 4.78 is 28.0. The Balaban J connectivity index is 1.68. The minimum Gasteiger partial charge on any atom is -0.279 e. The van der Waals surface area contributed by atoms with E-state index in [1.54, 1.807) is 6.07 Å². The Kier molecular flexibility index (Phi) is 6.53. The summed E-state index contributed by atoms with van der Waals surface area (Å²) in [5.41, 5.74) is 7.87. The van der Waals surface area contributed by atoms with Gasteiger partial charge in [0.05, 0.1) is 17.0 Å². The Hall–Kier alpha value is -3.17. The number of amides is 2. The Bertz CT molecular complexity index is 1170. The fourth-order valence-corrected chi connectivity index (χ4v) is 4.60. The summed E-state index contributed by atoms with van der Waals surface area (Å²) in [5.74, 6) is -0.987. The van der Waals surface area contributed by atoms with Gasteiger partial charge in [-0.15, -0.1) is 0 Å². The highest BCUT2D eigenvalue weighted by Gasteiger charge is 2.18. The molecule has 9 heteroatoms. The normalized spacial score (nSPS) is 11.0. The first-order valence-corrected chi connectivity index (χ1v) is 11.5. The summed E-state index contributed by atoms with van der Waals surface area (Å²) in [5, 5.41) is 3.71. The van der Waals surface area contributed by atoms with Crippen LogP contribution >= 0.6 is 11.3 Å². The molecule has 2 amide bonds. The molecule has 0 fully saturated rings. The molecule has 0 aliphatic carbocycles. The molecule has 0 atom stereocenters. The third-order valence-corrected chi connectivity index (χ3v) is 6.39. The Labute approximate surface area is 179 Å². The molecule has 0 aliphatic heterocycles. The molecule has 156 valence electrons. The molecule has 1 heterocycles. The molecule has 2 aromatic carbocycles. The smallest absolute Gasteiger partial charge is 0.269 e. The van der Waals surface area contributed by atoms with Gasteiger partial charge in [0, 0.05) is 5.56 Å². The van der Waals surface area contributed by atoms with Crippen LogP contribution in [-0.2, 0) is 21.2 Å². The maximum Gasteiger partial charge on any atom is 0.269 e. The third-order valence-electron chi connectivity index (χ3n) is 4.29. The molecule has 3 rings (SSSR count). The van der Waals surface area contributed by atoms with Crippen LogP contribution < -0.4 is 15.6 Å². The first-order valence-electron chi connectivity index (χ1n) is 9.05. The lowest BCUT2D eigenvalue weighted by Crippen LogP contribution is -2.42. The number of hydrazine groups is 1. The van der Waals surface area contributed by atoms with Gasteiger partial charge in [-0.3, -0.25) is 25.2 Å². The average Bonchev–Trinajstić information content (AvgIpc) is 3.21. The van der Waals surface area contributed by atoms with Crippen molar-refractivity contribution < 1.29 is 18.0 Å². The van der Waals surface area contributed by atoms with Gasteiger partial charge in [0.1, 0.15) is 0 Å². The molecule has 0 spiro atoms. The minimum atomic E-state index is -3.89. The molecular formula is C21H21N3O4S2. The predicted octanol–water partition coefficient (Wildman–Crippen LogP) is 3.17. The second-order valence-electron chi connectivity index (χ2n) is 6.76. The molecule has 3 N–H and O–H groups in total. The van der Waals surface area contributed by atoms with Crippen molar-refractivity contribution >= 4 is 38.9 Å². The van der Waals surface area contributed by atoms with E-state index in [4.69, 9.17) is 0 Å². The van der Waals surface area contributed by atoms with Crippen molar-refractivity contribution in [1.29, 1.82) is 0 Å². The number of carbonyl (C=O) groups is 2. The van der Waals surface area contributed by atoms with Gasteiger partial charge in [-0.25, -0.2) is 8.42 Å². The quantitative estimate of drug-likeness (QED) is 0.509. The molecule has 0 unspecified atom stereocenters.